The average Bonchev–Trinajstić information content (AvgIpc) is 2.71. The van der Waals surface area contributed by atoms with Crippen LogP contribution in [0.4, 0.5) is 5.69 Å². The maximum Gasteiger partial charge on any atom is 0.139 e. The number of nitrogens with one attached hydrogen (secondary N) is 1. The Labute approximate surface area is 106 Å². The molecule has 0 saturated heterocycles. The van der Waals surface area contributed by atoms with Crippen LogP contribution in [0.25, 0.3) is 22.4 Å². The molecule has 0 spiro atoms. The molecule has 0 bridgehead atoms. The third kappa shape index (κ3) is 1.64. The van der Waals surface area contributed by atoms with E-state index in [9.17, 15) is 0 Å². The topological polar surface area (TPSA) is 54.7 Å². The van der Waals surface area contributed by atoms with Crippen LogP contribution >= 0.6 is 0 Å². The molecule has 0 aliphatic carbocycles. The van der Waals surface area contributed by atoms with E-state index in [0.29, 0.717) is 0 Å². The summed E-state index contributed by atoms with van der Waals surface area (Å²) < 4.78 is 0. The zero-order chi connectivity index (χ0) is 12.7. The van der Waals surface area contributed by atoms with Gasteiger partial charge < -0.3 is 10.7 Å². The van der Waals surface area contributed by atoms with E-state index in [4.69, 9.17) is 5.73 Å². The number of H-pyrrole nitrogens is 1. The molecule has 1 aromatic heterocycles. The second kappa shape index (κ2) is 3.88. The molecule has 0 unspecified atom stereocenters. The smallest absolute Gasteiger partial charge is 0.139 e. The predicted octanol–water partition coefficient (Wildman–Crippen LogP) is 3.43. The van der Waals surface area contributed by atoms with E-state index in [1.807, 2.05) is 18.2 Å². The van der Waals surface area contributed by atoms with Crippen LogP contribution < -0.4 is 5.73 Å². The fourth-order valence-corrected chi connectivity index (χ4v) is 2.33. The molecule has 2 aromatic carbocycles. The van der Waals surface area contributed by atoms with Crippen molar-refractivity contribution in [2.75, 3.05) is 5.73 Å². The highest BCUT2D eigenvalue weighted by molar-refractivity contribution is 5.83. The third-order valence-corrected chi connectivity index (χ3v) is 3.22. The monoisotopic (exact) mass is 237 g/mol. The summed E-state index contributed by atoms with van der Waals surface area (Å²) >= 11 is 0. The van der Waals surface area contributed by atoms with Gasteiger partial charge >= 0.3 is 0 Å². The summed E-state index contributed by atoms with van der Waals surface area (Å²) in [6, 6.07) is 12.0. The minimum absolute atomic E-state index is 0.749. The summed E-state index contributed by atoms with van der Waals surface area (Å²) in [7, 11) is 0. The maximum absolute atomic E-state index is 5.78. The van der Waals surface area contributed by atoms with Gasteiger partial charge in [-0.1, -0.05) is 18.2 Å². The first kappa shape index (κ1) is 10.8. The number of imidazole rings is 1. The molecule has 0 radical (unpaired) electrons. The predicted molar refractivity (Wildman–Crippen MR) is 75.4 cm³/mol. The number of nitrogens with two attached hydrogens (primary N) is 1. The molecule has 3 rings (SSSR count). The Bertz CT molecular complexity index is 705. The van der Waals surface area contributed by atoms with Crippen LogP contribution in [0.3, 0.4) is 0 Å². The molecule has 3 heteroatoms. The van der Waals surface area contributed by atoms with Crippen molar-refractivity contribution in [2.24, 2.45) is 0 Å². The summed E-state index contributed by atoms with van der Waals surface area (Å²) in [6.07, 6.45) is 0. The lowest BCUT2D eigenvalue weighted by atomic mass is 10.0. The van der Waals surface area contributed by atoms with Gasteiger partial charge in [0.2, 0.25) is 0 Å². The second-order valence-corrected chi connectivity index (χ2v) is 4.63. The standard InChI is InChI=1S/C15H15N3/c1-9-4-3-5-10(2)14(9)15-17-12-7-6-11(16)8-13(12)18-15/h3-8H,16H2,1-2H3,(H,17,18). The summed E-state index contributed by atoms with van der Waals surface area (Å²) in [5.41, 5.74) is 12.1. The Morgan fingerprint density at radius 2 is 1.78 bits per heavy atom. The van der Waals surface area contributed by atoms with Crippen LogP contribution in [0.1, 0.15) is 11.1 Å². The van der Waals surface area contributed by atoms with Gasteiger partial charge in [-0.2, -0.15) is 0 Å². The highest BCUT2D eigenvalue weighted by Crippen LogP contribution is 2.27. The number of nitrogens with zero attached hydrogens (tertiary/aromatic N) is 1. The van der Waals surface area contributed by atoms with Crippen LogP contribution in [0.5, 0.6) is 0 Å². The van der Waals surface area contributed by atoms with Crippen molar-refractivity contribution in [3.8, 4) is 11.4 Å². The van der Waals surface area contributed by atoms with Gasteiger partial charge in [-0.05, 0) is 43.2 Å². The van der Waals surface area contributed by atoms with Gasteiger partial charge in [0.15, 0.2) is 0 Å². The quantitative estimate of drug-likeness (QED) is 0.637. The molecule has 1 heterocycles. The molecule has 0 atom stereocenters. The minimum atomic E-state index is 0.749. The van der Waals surface area contributed by atoms with E-state index in [-0.39, 0.29) is 0 Å². The lowest BCUT2D eigenvalue weighted by Gasteiger charge is -2.05. The number of aromatic amines is 1. The number of anilines is 1. The van der Waals surface area contributed by atoms with E-state index in [2.05, 4.69) is 42.0 Å². The summed E-state index contributed by atoms with van der Waals surface area (Å²) in [5, 5.41) is 0. The molecule has 0 aliphatic heterocycles. The largest absolute Gasteiger partial charge is 0.399 e. The van der Waals surface area contributed by atoms with E-state index >= 15 is 0 Å². The van der Waals surface area contributed by atoms with Gasteiger partial charge in [0.1, 0.15) is 5.82 Å². The number of rotatable bonds is 1. The zero-order valence-electron chi connectivity index (χ0n) is 10.5. The second-order valence-electron chi connectivity index (χ2n) is 4.63. The van der Waals surface area contributed by atoms with E-state index in [1.165, 1.54) is 16.7 Å². The Hall–Kier alpha value is -2.29. The van der Waals surface area contributed by atoms with E-state index in [0.717, 1.165) is 22.5 Å². The summed E-state index contributed by atoms with van der Waals surface area (Å²) in [5.74, 6) is 0.909. The molecule has 0 amide bonds. The fourth-order valence-electron chi connectivity index (χ4n) is 2.33. The fraction of sp³-hybridized carbons (Fsp3) is 0.133. The first-order valence-corrected chi connectivity index (χ1v) is 5.97. The van der Waals surface area contributed by atoms with Crippen LogP contribution in [0, 0.1) is 13.8 Å². The number of benzene rings is 2. The SMILES string of the molecule is Cc1cccc(C)c1-c1nc2ccc(N)cc2[nH]1. The number of aryl methyl sites for hydroxylation is 2. The Morgan fingerprint density at radius 1 is 1.06 bits per heavy atom. The molecular weight excluding hydrogens is 222 g/mol. The normalized spacial score (nSPS) is 11.0. The molecule has 0 aliphatic rings. The van der Waals surface area contributed by atoms with Crippen molar-refractivity contribution in [3.63, 3.8) is 0 Å². The van der Waals surface area contributed by atoms with Gasteiger partial charge in [-0.15, -0.1) is 0 Å². The van der Waals surface area contributed by atoms with Crippen LogP contribution in [0.2, 0.25) is 0 Å². The van der Waals surface area contributed by atoms with Gasteiger partial charge in [-0.25, -0.2) is 4.98 Å². The van der Waals surface area contributed by atoms with Crippen molar-refractivity contribution in [1.29, 1.82) is 0 Å². The molecule has 0 saturated carbocycles. The van der Waals surface area contributed by atoms with Crippen molar-refractivity contribution in [2.45, 2.75) is 13.8 Å². The number of hydrogen-bond donors (Lipinski definition) is 2. The number of aromatic nitrogens is 2. The zero-order valence-corrected chi connectivity index (χ0v) is 10.5. The van der Waals surface area contributed by atoms with Gasteiger partial charge in [-0.3, -0.25) is 0 Å². The van der Waals surface area contributed by atoms with Crippen LogP contribution in [-0.2, 0) is 0 Å². The van der Waals surface area contributed by atoms with E-state index < -0.39 is 0 Å². The first-order chi connectivity index (χ1) is 8.65. The highest BCUT2D eigenvalue weighted by atomic mass is 14.9. The van der Waals surface area contributed by atoms with Crippen molar-refractivity contribution in [3.05, 3.63) is 47.5 Å². The first-order valence-electron chi connectivity index (χ1n) is 5.97. The minimum Gasteiger partial charge on any atom is -0.399 e. The molecule has 3 N–H and O–H groups in total. The van der Waals surface area contributed by atoms with Gasteiger partial charge in [0, 0.05) is 11.3 Å². The van der Waals surface area contributed by atoms with Crippen molar-refractivity contribution >= 4 is 16.7 Å². The maximum atomic E-state index is 5.78. The number of hydrogen-bond acceptors (Lipinski definition) is 2. The third-order valence-electron chi connectivity index (χ3n) is 3.22. The van der Waals surface area contributed by atoms with Gasteiger partial charge in [0.25, 0.3) is 0 Å². The van der Waals surface area contributed by atoms with Crippen molar-refractivity contribution < 1.29 is 0 Å². The number of fused-ring (bicyclic) bond motifs is 1. The molecule has 3 nitrogen and oxygen atoms in total. The van der Waals surface area contributed by atoms with E-state index in [1.54, 1.807) is 0 Å². The molecular formula is C15H15N3. The molecule has 0 fully saturated rings. The van der Waals surface area contributed by atoms with Crippen molar-refractivity contribution in [1.82, 2.24) is 9.97 Å². The van der Waals surface area contributed by atoms with Gasteiger partial charge in [0.05, 0.1) is 11.0 Å². The average molecular weight is 237 g/mol. The Kier molecular flexibility index (Phi) is 2.33. The Balaban J connectivity index is 2.26. The summed E-state index contributed by atoms with van der Waals surface area (Å²) in [4.78, 5) is 7.98. The lowest BCUT2D eigenvalue weighted by molar-refractivity contribution is 1.27. The van der Waals surface area contributed by atoms with Crippen LogP contribution in [0.15, 0.2) is 36.4 Å². The Morgan fingerprint density at radius 3 is 2.50 bits per heavy atom. The lowest BCUT2D eigenvalue weighted by Crippen LogP contribution is -1.89. The highest BCUT2D eigenvalue weighted by Gasteiger charge is 2.10. The summed E-state index contributed by atoms with van der Waals surface area (Å²) in [6.45, 7) is 4.20. The molecule has 3 aromatic rings. The molecule has 18 heavy (non-hydrogen) atoms. The van der Waals surface area contributed by atoms with Crippen LogP contribution in [-0.4, -0.2) is 9.97 Å². The molecule has 90 valence electrons. The number of nitrogen functional groups attached to an aromatic ring is 1.